The average Bonchev–Trinajstić information content (AvgIpc) is 2.50. The van der Waals surface area contributed by atoms with Crippen molar-refractivity contribution in [3.8, 4) is 0 Å². The maximum absolute atomic E-state index is 12.9. The summed E-state index contributed by atoms with van der Waals surface area (Å²) in [6, 6.07) is 9.03. The Morgan fingerprint density at radius 3 is 2.57 bits per heavy atom. The van der Waals surface area contributed by atoms with Crippen molar-refractivity contribution in [3.63, 3.8) is 0 Å². The molecular weight excluding hydrogens is 284 g/mol. The standard InChI is InChI=1S/C16H22N2O2S/c1-12-14(19)17-16(2,13-8-5-4-6-9-13)15(20)18(12)10-7-11-21-3/h4-6,8-9,12H,7,10-11H2,1-3H3,(H,17,19). The molecule has 2 amide bonds. The van der Waals surface area contributed by atoms with Gasteiger partial charge in [0.05, 0.1) is 0 Å². The molecule has 2 atom stereocenters. The number of nitrogens with one attached hydrogen (secondary N) is 1. The molecule has 4 nitrogen and oxygen atoms in total. The molecule has 1 saturated heterocycles. The second-order valence-electron chi connectivity index (χ2n) is 5.50. The molecule has 2 unspecified atom stereocenters. The quantitative estimate of drug-likeness (QED) is 0.847. The Morgan fingerprint density at radius 2 is 1.95 bits per heavy atom. The number of piperazine rings is 1. The highest BCUT2D eigenvalue weighted by Crippen LogP contribution is 2.28. The van der Waals surface area contributed by atoms with E-state index in [4.69, 9.17) is 0 Å². The van der Waals surface area contributed by atoms with Crippen LogP contribution in [0.3, 0.4) is 0 Å². The monoisotopic (exact) mass is 306 g/mol. The Morgan fingerprint density at radius 1 is 1.29 bits per heavy atom. The number of nitrogens with zero attached hydrogens (tertiary/aromatic N) is 1. The molecular formula is C16H22N2O2S. The van der Waals surface area contributed by atoms with Crippen molar-refractivity contribution >= 4 is 23.6 Å². The van der Waals surface area contributed by atoms with Crippen LogP contribution in [-0.2, 0) is 15.1 Å². The van der Waals surface area contributed by atoms with Gasteiger partial charge in [0.25, 0.3) is 5.91 Å². The summed E-state index contributed by atoms with van der Waals surface area (Å²) in [7, 11) is 0. The number of amides is 2. The molecule has 21 heavy (non-hydrogen) atoms. The molecule has 1 aliphatic rings. The first kappa shape index (κ1) is 15.9. The molecule has 0 bridgehead atoms. The Hall–Kier alpha value is -1.49. The molecule has 1 N–H and O–H groups in total. The molecule has 0 aromatic heterocycles. The molecule has 5 heteroatoms. The number of carbonyl (C=O) groups is 2. The van der Waals surface area contributed by atoms with Gasteiger partial charge in [-0.15, -0.1) is 0 Å². The van der Waals surface area contributed by atoms with Crippen LogP contribution in [0.5, 0.6) is 0 Å². The number of hydrogen-bond donors (Lipinski definition) is 1. The van der Waals surface area contributed by atoms with Gasteiger partial charge in [-0.2, -0.15) is 11.8 Å². The van der Waals surface area contributed by atoms with E-state index in [1.165, 1.54) is 0 Å². The topological polar surface area (TPSA) is 49.4 Å². The second kappa shape index (κ2) is 6.52. The lowest BCUT2D eigenvalue weighted by Crippen LogP contribution is -2.66. The van der Waals surface area contributed by atoms with E-state index in [-0.39, 0.29) is 11.8 Å². The summed E-state index contributed by atoms with van der Waals surface area (Å²) in [6.45, 7) is 4.20. The average molecular weight is 306 g/mol. The first-order valence-corrected chi connectivity index (χ1v) is 8.57. The SMILES string of the molecule is CSCCCN1C(=O)C(C)(c2ccccc2)NC(=O)C1C. The van der Waals surface area contributed by atoms with Crippen LogP contribution in [0.25, 0.3) is 0 Å². The predicted molar refractivity (Wildman–Crippen MR) is 86.1 cm³/mol. The van der Waals surface area contributed by atoms with Crippen LogP contribution in [0, 0.1) is 0 Å². The summed E-state index contributed by atoms with van der Waals surface area (Å²) in [5.74, 6) is 0.868. The van der Waals surface area contributed by atoms with Gasteiger partial charge in [-0.25, -0.2) is 0 Å². The van der Waals surface area contributed by atoms with E-state index < -0.39 is 11.6 Å². The van der Waals surface area contributed by atoms with Crippen molar-refractivity contribution < 1.29 is 9.59 Å². The highest BCUT2D eigenvalue weighted by atomic mass is 32.2. The number of rotatable bonds is 5. The third-order valence-corrected chi connectivity index (χ3v) is 4.70. The Bertz CT molecular complexity index is 520. The van der Waals surface area contributed by atoms with Gasteiger partial charge >= 0.3 is 0 Å². The van der Waals surface area contributed by atoms with Crippen molar-refractivity contribution in [3.05, 3.63) is 35.9 Å². The first-order chi connectivity index (χ1) is 10.0. The molecule has 1 heterocycles. The number of hydrogen-bond acceptors (Lipinski definition) is 3. The minimum Gasteiger partial charge on any atom is -0.336 e. The number of carbonyl (C=O) groups excluding carboxylic acids is 2. The van der Waals surface area contributed by atoms with Crippen molar-refractivity contribution in [2.75, 3.05) is 18.6 Å². The van der Waals surface area contributed by atoms with E-state index in [2.05, 4.69) is 5.32 Å². The fourth-order valence-electron chi connectivity index (χ4n) is 2.65. The minimum atomic E-state index is -0.968. The maximum atomic E-state index is 12.9. The third-order valence-electron chi connectivity index (χ3n) is 4.01. The van der Waals surface area contributed by atoms with Crippen LogP contribution < -0.4 is 5.32 Å². The van der Waals surface area contributed by atoms with E-state index in [1.54, 1.807) is 30.5 Å². The normalized spacial score (nSPS) is 25.9. The molecule has 2 rings (SSSR count). The summed E-state index contributed by atoms with van der Waals surface area (Å²) in [4.78, 5) is 26.9. The number of benzene rings is 1. The molecule has 1 fully saturated rings. The van der Waals surface area contributed by atoms with Crippen LogP contribution in [0.2, 0.25) is 0 Å². The molecule has 1 aliphatic heterocycles. The largest absolute Gasteiger partial charge is 0.336 e. The Balaban J connectivity index is 2.27. The van der Waals surface area contributed by atoms with Crippen LogP contribution in [0.1, 0.15) is 25.8 Å². The van der Waals surface area contributed by atoms with Crippen LogP contribution >= 0.6 is 11.8 Å². The van der Waals surface area contributed by atoms with Gasteiger partial charge in [0.1, 0.15) is 11.6 Å². The van der Waals surface area contributed by atoms with E-state index in [0.29, 0.717) is 6.54 Å². The van der Waals surface area contributed by atoms with E-state index in [0.717, 1.165) is 17.7 Å². The zero-order valence-corrected chi connectivity index (χ0v) is 13.6. The highest BCUT2D eigenvalue weighted by molar-refractivity contribution is 7.98. The smallest absolute Gasteiger partial charge is 0.253 e. The lowest BCUT2D eigenvalue weighted by Gasteiger charge is -2.43. The van der Waals surface area contributed by atoms with Crippen molar-refractivity contribution in [1.82, 2.24) is 10.2 Å². The van der Waals surface area contributed by atoms with Gasteiger partial charge in [-0.3, -0.25) is 9.59 Å². The molecule has 114 valence electrons. The summed E-state index contributed by atoms with van der Waals surface area (Å²) >= 11 is 1.75. The third kappa shape index (κ3) is 3.07. The molecule has 0 aliphatic carbocycles. The molecule has 1 aromatic rings. The lowest BCUT2D eigenvalue weighted by molar-refractivity contribution is -0.154. The van der Waals surface area contributed by atoms with Crippen molar-refractivity contribution in [2.45, 2.75) is 31.8 Å². The molecule has 0 saturated carbocycles. The summed E-state index contributed by atoms with van der Waals surface area (Å²) < 4.78 is 0. The van der Waals surface area contributed by atoms with Gasteiger partial charge in [-0.1, -0.05) is 30.3 Å². The Labute approximate surface area is 130 Å². The van der Waals surface area contributed by atoms with E-state index in [1.807, 2.05) is 36.6 Å². The van der Waals surface area contributed by atoms with Gasteiger partial charge in [0, 0.05) is 6.54 Å². The summed E-state index contributed by atoms with van der Waals surface area (Å²) in [5, 5.41) is 2.89. The summed E-state index contributed by atoms with van der Waals surface area (Å²) in [6.07, 6.45) is 2.94. The van der Waals surface area contributed by atoms with Crippen LogP contribution in [-0.4, -0.2) is 41.3 Å². The lowest BCUT2D eigenvalue weighted by atomic mass is 9.87. The molecule has 0 spiro atoms. The van der Waals surface area contributed by atoms with Crippen molar-refractivity contribution in [1.29, 1.82) is 0 Å². The van der Waals surface area contributed by atoms with Crippen LogP contribution in [0.15, 0.2) is 30.3 Å². The minimum absolute atomic E-state index is 0.0260. The molecule has 0 radical (unpaired) electrons. The van der Waals surface area contributed by atoms with Crippen molar-refractivity contribution in [2.24, 2.45) is 0 Å². The van der Waals surface area contributed by atoms with E-state index in [9.17, 15) is 9.59 Å². The number of thioether (sulfide) groups is 1. The van der Waals surface area contributed by atoms with E-state index >= 15 is 0 Å². The second-order valence-corrected chi connectivity index (χ2v) is 6.49. The highest BCUT2D eigenvalue weighted by Gasteiger charge is 2.47. The van der Waals surface area contributed by atoms with Gasteiger partial charge in [-0.05, 0) is 37.8 Å². The van der Waals surface area contributed by atoms with Gasteiger partial charge in [0.2, 0.25) is 5.91 Å². The molecule has 1 aromatic carbocycles. The Kier molecular flexibility index (Phi) is 4.93. The fraction of sp³-hybridized carbons (Fsp3) is 0.500. The van der Waals surface area contributed by atoms with Gasteiger partial charge < -0.3 is 10.2 Å². The fourth-order valence-corrected chi connectivity index (χ4v) is 3.07. The maximum Gasteiger partial charge on any atom is 0.253 e. The zero-order valence-electron chi connectivity index (χ0n) is 12.8. The predicted octanol–water partition coefficient (Wildman–Crippen LogP) is 2.00. The summed E-state index contributed by atoms with van der Waals surface area (Å²) in [5.41, 5.74) is -0.144. The van der Waals surface area contributed by atoms with Crippen LogP contribution in [0.4, 0.5) is 0 Å². The van der Waals surface area contributed by atoms with Gasteiger partial charge in [0.15, 0.2) is 0 Å². The zero-order chi connectivity index (χ0) is 15.5. The first-order valence-electron chi connectivity index (χ1n) is 7.18.